The molecule has 8 heteroatoms. The molecular weight excluding hydrogens is 292 g/mol. The summed E-state index contributed by atoms with van der Waals surface area (Å²) in [5, 5.41) is 3.01. The van der Waals surface area contributed by atoms with Gasteiger partial charge < -0.3 is 16.0 Å². The summed E-state index contributed by atoms with van der Waals surface area (Å²) < 4.78 is 27.2. The van der Waals surface area contributed by atoms with Gasteiger partial charge in [-0.15, -0.1) is 0 Å². The number of nitrogens with two attached hydrogens (primary N) is 1. The second-order valence-corrected chi connectivity index (χ2v) is 4.58. The smallest absolute Gasteiger partial charge is 0.251 e. The number of primary amides is 1. The number of carbonyl (C=O) groups excluding carboxylic acids is 1. The van der Waals surface area contributed by atoms with Crippen LogP contribution in [-0.4, -0.2) is 27.9 Å². The van der Waals surface area contributed by atoms with Gasteiger partial charge in [0.05, 0.1) is 17.5 Å². The van der Waals surface area contributed by atoms with E-state index in [1.165, 1.54) is 19.3 Å². The Hall–Kier alpha value is -3.03. The van der Waals surface area contributed by atoms with Crippen molar-refractivity contribution in [3.05, 3.63) is 41.7 Å². The van der Waals surface area contributed by atoms with Crippen molar-refractivity contribution in [3.8, 4) is 11.3 Å². The number of hydrogen-bond acceptors (Lipinski definition) is 4. The zero-order valence-electron chi connectivity index (χ0n) is 11.4. The predicted molar refractivity (Wildman–Crippen MR) is 77.3 cm³/mol. The first-order chi connectivity index (χ1) is 10.5. The summed E-state index contributed by atoms with van der Waals surface area (Å²) in [5.41, 5.74) is 6.17. The number of nitrogens with one attached hydrogen (secondary N) is 2. The van der Waals surface area contributed by atoms with Crippen molar-refractivity contribution in [2.24, 2.45) is 5.73 Å². The third-order valence-electron chi connectivity index (χ3n) is 3.23. The first kappa shape index (κ1) is 13.9. The Morgan fingerprint density at radius 2 is 2.14 bits per heavy atom. The van der Waals surface area contributed by atoms with Gasteiger partial charge in [-0.3, -0.25) is 4.79 Å². The van der Waals surface area contributed by atoms with Crippen molar-refractivity contribution >= 4 is 22.8 Å². The summed E-state index contributed by atoms with van der Waals surface area (Å²) in [7, 11) is 1.50. The minimum atomic E-state index is -0.831. The van der Waals surface area contributed by atoms with Crippen LogP contribution in [0.1, 0.15) is 10.4 Å². The number of halogens is 2. The van der Waals surface area contributed by atoms with E-state index in [0.29, 0.717) is 16.6 Å². The number of pyridine rings is 2. The number of anilines is 1. The first-order valence-electron chi connectivity index (χ1n) is 6.32. The summed E-state index contributed by atoms with van der Waals surface area (Å²) in [5.74, 6) is -2.12. The average Bonchev–Trinajstić information content (AvgIpc) is 2.89. The number of aromatic nitrogens is 3. The number of hydrogen-bond donors (Lipinski definition) is 3. The first-order valence-corrected chi connectivity index (χ1v) is 6.32. The maximum atomic E-state index is 13.8. The van der Waals surface area contributed by atoms with Crippen molar-refractivity contribution in [1.29, 1.82) is 0 Å². The van der Waals surface area contributed by atoms with Gasteiger partial charge in [-0.1, -0.05) is 0 Å². The second-order valence-electron chi connectivity index (χ2n) is 4.58. The SMILES string of the molecule is CNc1nc(-c2c[nH]c3ncc(F)cc23)c(C(N)=O)cc1F. The third-order valence-corrected chi connectivity index (χ3v) is 3.23. The standard InChI is InChI=1S/C14H11F2N5O/c1-18-14-10(16)3-8(12(17)22)11(21-14)9-5-20-13-7(9)2-6(15)4-19-13/h2-5H,1H3,(H2,17,22)(H,18,21)(H,19,20). The van der Waals surface area contributed by atoms with E-state index in [1.807, 2.05) is 0 Å². The van der Waals surface area contributed by atoms with E-state index in [9.17, 15) is 13.6 Å². The molecule has 0 atom stereocenters. The molecule has 0 unspecified atom stereocenters. The Morgan fingerprint density at radius 1 is 1.36 bits per heavy atom. The van der Waals surface area contributed by atoms with Gasteiger partial charge in [0, 0.05) is 24.2 Å². The highest BCUT2D eigenvalue weighted by molar-refractivity contribution is 6.03. The molecule has 0 aliphatic rings. The van der Waals surface area contributed by atoms with E-state index in [4.69, 9.17) is 5.73 Å². The molecule has 6 nitrogen and oxygen atoms in total. The fraction of sp³-hybridized carbons (Fsp3) is 0.0714. The van der Waals surface area contributed by atoms with E-state index >= 15 is 0 Å². The summed E-state index contributed by atoms with van der Waals surface area (Å²) in [6.45, 7) is 0. The Morgan fingerprint density at radius 3 is 2.82 bits per heavy atom. The minimum Gasteiger partial charge on any atom is -0.371 e. The second kappa shape index (κ2) is 5.06. The maximum Gasteiger partial charge on any atom is 0.251 e. The van der Waals surface area contributed by atoms with Crippen molar-refractivity contribution in [2.45, 2.75) is 0 Å². The van der Waals surface area contributed by atoms with Crippen LogP contribution in [0.2, 0.25) is 0 Å². The molecule has 3 aromatic rings. The largest absolute Gasteiger partial charge is 0.371 e. The molecule has 22 heavy (non-hydrogen) atoms. The van der Waals surface area contributed by atoms with Crippen molar-refractivity contribution in [3.63, 3.8) is 0 Å². The molecule has 0 aliphatic heterocycles. The number of aromatic amines is 1. The molecule has 0 saturated heterocycles. The number of nitrogens with zero attached hydrogens (tertiary/aromatic N) is 2. The molecule has 3 rings (SSSR count). The molecule has 3 heterocycles. The van der Waals surface area contributed by atoms with Crippen LogP contribution in [0.15, 0.2) is 24.5 Å². The number of carbonyl (C=O) groups is 1. The highest BCUT2D eigenvalue weighted by Gasteiger charge is 2.19. The molecule has 3 aromatic heterocycles. The van der Waals surface area contributed by atoms with Crippen molar-refractivity contribution in [2.75, 3.05) is 12.4 Å². The van der Waals surface area contributed by atoms with E-state index in [2.05, 4.69) is 20.3 Å². The van der Waals surface area contributed by atoms with E-state index in [-0.39, 0.29) is 17.1 Å². The Labute approximate surface area is 123 Å². The van der Waals surface area contributed by atoms with Crippen LogP contribution in [0.5, 0.6) is 0 Å². The Balaban J connectivity index is 2.33. The zero-order chi connectivity index (χ0) is 15.9. The molecule has 0 aromatic carbocycles. The summed E-state index contributed by atoms with van der Waals surface area (Å²) in [6, 6.07) is 2.26. The van der Waals surface area contributed by atoms with Crippen molar-refractivity contribution in [1.82, 2.24) is 15.0 Å². The van der Waals surface area contributed by atoms with Crippen molar-refractivity contribution < 1.29 is 13.6 Å². The topological polar surface area (TPSA) is 96.7 Å². The number of H-pyrrole nitrogens is 1. The van der Waals surface area contributed by atoms with Gasteiger partial charge in [-0.25, -0.2) is 18.7 Å². The summed E-state index contributed by atoms with van der Waals surface area (Å²) >= 11 is 0. The average molecular weight is 303 g/mol. The van der Waals surface area contributed by atoms with Crippen LogP contribution in [-0.2, 0) is 0 Å². The maximum absolute atomic E-state index is 13.8. The molecule has 0 bridgehead atoms. The lowest BCUT2D eigenvalue weighted by Crippen LogP contribution is -2.14. The lowest BCUT2D eigenvalue weighted by molar-refractivity contribution is 0.1000. The summed E-state index contributed by atoms with van der Waals surface area (Å²) in [6.07, 6.45) is 2.58. The van der Waals surface area contributed by atoms with Gasteiger partial charge in [0.15, 0.2) is 11.6 Å². The highest BCUT2D eigenvalue weighted by Crippen LogP contribution is 2.31. The van der Waals surface area contributed by atoms with Crippen LogP contribution >= 0.6 is 0 Å². The minimum absolute atomic E-state index is 0.0429. The number of amides is 1. The van der Waals surface area contributed by atoms with E-state index in [1.54, 1.807) is 0 Å². The molecule has 4 N–H and O–H groups in total. The molecule has 0 radical (unpaired) electrons. The molecule has 0 spiro atoms. The molecule has 0 fully saturated rings. The normalized spacial score (nSPS) is 10.9. The monoisotopic (exact) mass is 303 g/mol. The van der Waals surface area contributed by atoms with Gasteiger partial charge in [-0.2, -0.15) is 0 Å². The lowest BCUT2D eigenvalue weighted by Gasteiger charge is -2.09. The number of fused-ring (bicyclic) bond motifs is 1. The Kier molecular flexibility index (Phi) is 3.21. The van der Waals surface area contributed by atoms with Crippen LogP contribution in [0.25, 0.3) is 22.3 Å². The zero-order valence-corrected chi connectivity index (χ0v) is 11.4. The van der Waals surface area contributed by atoms with Gasteiger partial charge in [0.2, 0.25) is 0 Å². The van der Waals surface area contributed by atoms with Gasteiger partial charge in [-0.05, 0) is 12.1 Å². The third kappa shape index (κ3) is 2.14. The van der Waals surface area contributed by atoms with Gasteiger partial charge in [0.25, 0.3) is 5.91 Å². The van der Waals surface area contributed by atoms with Crippen LogP contribution < -0.4 is 11.1 Å². The summed E-state index contributed by atoms with van der Waals surface area (Å²) in [4.78, 5) is 22.4. The molecule has 1 amide bonds. The quantitative estimate of drug-likeness (QED) is 0.690. The van der Waals surface area contributed by atoms with E-state index in [0.717, 1.165) is 12.3 Å². The molecule has 0 saturated carbocycles. The van der Waals surface area contributed by atoms with Crippen LogP contribution in [0.3, 0.4) is 0 Å². The van der Waals surface area contributed by atoms with Crippen LogP contribution in [0.4, 0.5) is 14.6 Å². The molecular formula is C14H11F2N5O. The van der Waals surface area contributed by atoms with Crippen LogP contribution in [0, 0.1) is 11.6 Å². The number of rotatable bonds is 3. The van der Waals surface area contributed by atoms with Gasteiger partial charge in [0.1, 0.15) is 11.5 Å². The predicted octanol–water partition coefficient (Wildman–Crippen LogP) is 2.04. The highest BCUT2D eigenvalue weighted by atomic mass is 19.1. The van der Waals surface area contributed by atoms with E-state index < -0.39 is 17.5 Å². The van der Waals surface area contributed by atoms with Gasteiger partial charge >= 0.3 is 0 Å². The Bertz CT molecular complexity index is 890. The fourth-order valence-electron chi connectivity index (χ4n) is 2.23. The fourth-order valence-corrected chi connectivity index (χ4v) is 2.23. The molecule has 0 aliphatic carbocycles. The lowest BCUT2D eigenvalue weighted by atomic mass is 10.0. The molecule has 112 valence electrons.